The van der Waals surface area contributed by atoms with E-state index in [1.165, 1.54) is 38.5 Å². The highest BCUT2D eigenvalue weighted by Gasteiger charge is 2.33. The van der Waals surface area contributed by atoms with Gasteiger partial charge in [0.15, 0.2) is 0 Å². The number of nitrogens with one attached hydrogen (secondary N) is 2. The van der Waals surface area contributed by atoms with E-state index in [0.29, 0.717) is 23.2 Å². The van der Waals surface area contributed by atoms with E-state index in [1.807, 2.05) is 66.7 Å². The maximum atomic E-state index is 13.7. The van der Waals surface area contributed by atoms with Gasteiger partial charge >= 0.3 is 0 Å². The summed E-state index contributed by atoms with van der Waals surface area (Å²) in [6, 6.07) is 25.5. The van der Waals surface area contributed by atoms with Gasteiger partial charge in [-0.3, -0.25) is 9.59 Å². The van der Waals surface area contributed by atoms with Crippen molar-refractivity contribution in [3.8, 4) is 0 Å². The van der Waals surface area contributed by atoms with Gasteiger partial charge in [-0.25, -0.2) is 0 Å². The molecule has 0 radical (unpaired) electrons. The predicted octanol–water partition coefficient (Wildman–Crippen LogP) is 7.79. The quantitative estimate of drug-likeness (QED) is 0.352. The van der Waals surface area contributed by atoms with Gasteiger partial charge in [0.2, 0.25) is 0 Å². The first kappa shape index (κ1) is 25.1. The topological polar surface area (TPSA) is 61.4 Å². The first-order chi connectivity index (χ1) is 18.2. The largest absolute Gasteiger partial charge is 0.356 e. The van der Waals surface area contributed by atoms with Crippen LogP contribution in [0.1, 0.15) is 84.9 Å². The number of rotatable bonds is 7. The highest BCUT2D eigenvalue weighted by Crippen LogP contribution is 2.31. The van der Waals surface area contributed by atoms with Gasteiger partial charge in [0, 0.05) is 40.3 Å². The Morgan fingerprint density at radius 2 is 1.05 bits per heavy atom. The number of para-hydroxylation sites is 1. The van der Waals surface area contributed by atoms with Crippen LogP contribution in [0.2, 0.25) is 0 Å². The van der Waals surface area contributed by atoms with Gasteiger partial charge in [0.05, 0.1) is 0 Å². The third kappa shape index (κ3) is 6.40. The van der Waals surface area contributed by atoms with Gasteiger partial charge < -0.3 is 15.5 Å². The summed E-state index contributed by atoms with van der Waals surface area (Å²) in [6.45, 7) is 0. The fourth-order valence-corrected chi connectivity index (χ4v) is 5.79. The molecule has 0 heterocycles. The minimum absolute atomic E-state index is 0.132. The van der Waals surface area contributed by atoms with Crippen LogP contribution in [0.4, 0.5) is 17.1 Å². The molecule has 3 aromatic carbocycles. The normalized spacial score (nSPS) is 16.6. The highest BCUT2D eigenvalue weighted by atomic mass is 16.2. The van der Waals surface area contributed by atoms with Crippen molar-refractivity contribution in [3.63, 3.8) is 0 Å². The van der Waals surface area contributed by atoms with Crippen molar-refractivity contribution in [2.24, 2.45) is 0 Å². The van der Waals surface area contributed by atoms with Gasteiger partial charge in [-0.05, 0) is 86.3 Å². The average molecular weight is 496 g/mol. The predicted molar refractivity (Wildman–Crippen MR) is 150 cm³/mol. The summed E-state index contributed by atoms with van der Waals surface area (Å²) >= 11 is 0. The van der Waals surface area contributed by atoms with Crippen LogP contribution in [0, 0.1) is 0 Å². The van der Waals surface area contributed by atoms with Crippen molar-refractivity contribution in [2.45, 2.75) is 76.3 Å². The van der Waals surface area contributed by atoms with Gasteiger partial charge in [0.25, 0.3) is 11.8 Å². The number of hydrogen-bond acceptors (Lipinski definition) is 3. The Balaban J connectivity index is 1.23. The smallest absolute Gasteiger partial charge is 0.255 e. The summed E-state index contributed by atoms with van der Waals surface area (Å²) in [7, 11) is 0. The summed E-state index contributed by atoms with van der Waals surface area (Å²) in [5.74, 6) is -0.0496. The van der Waals surface area contributed by atoms with E-state index in [9.17, 15) is 9.59 Å². The van der Waals surface area contributed by atoms with Crippen molar-refractivity contribution in [1.29, 1.82) is 0 Å². The number of carbonyl (C=O) groups is 2. The molecule has 5 rings (SSSR count). The molecule has 0 saturated heterocycles. The van der Waals surface area contributed by atoms with E-state index >= 15 is 0 Å². The molecule has 0 unspecified atom stereocenters. The van der Waals surface area contributed by atoms with Crippen LogP contribution in [0.5, 0.6) is 0 Å². The minimum atomic E-state index is -0.181. The summed E-state index contributed by atoms with van der Waals surface area (Å²) in [5.41, 5.74) is 3.92. The monoisotopic (exact) mass is 495 g/mol. The lowest BCUT2D eigenvalue weighted by Crippen LogP contribution is -2.48. The summed E-state index contributed by atoms with van der Waals surface area (Å²) in [6.07, 6.45) is 11.9. The molecule has 2 N–H and O–H groups in total. The molecule has 2 saturated carbocycles. The molecular weight excluding hydrogens is 458 g/mol. The van der Waals surface area contributed by atoms with Crippen molar-refractivity contribution in [1.82, 2.24) is 4.90 Å². The van der Waals surface area contributed by atoms with Gasteiger partial charge in [-0.1, -0.05) is 56.7 Å². The number of anilines is 3. The molecule has 2 aliphatic carbocycles. The molecule has 0 aliphatic heterocycles. The van der Waals surface area contributed by atoms with E-state index < -0.39 is 0 Å². The number of amides is 2. The molecule has 0 aromatic heterocycles. The zero-order chi connectivity index (χ0) is 25.5. The molecule has 5 heteroatoms. The van der Waals surface area contributed by atoms with Crippen molar-refractivity contribution >= 4 is 28.9 Å². The van der Waals surface area contributed by atoms with E-state index in [1.54, 1.807) is 12.1 Å². The second kappa shape index (κ2) is 12.1. The fourth-order valence-electron chi connectivity index (χ4n) is 5.79. The van der Waals surface area contributed by atoms with E-state index in [-0.39, 0.29) is 11.8 Å². The maximum absolute atomic E-state index is 13.7. The summed E-state index contributed by atoms with van der Waals surface area (Å²) in [4.78, 5) is 28.8. The van der Waals surface area contributed by atoms with Crippen molar-refractivity contribution in [3.05, 3.63) is 90.0 Å². The maximum Gasteiger partial charge on any atom is 0.255 e. The number of nitrogens with zero attached hydrogens (tertiary/aromatic N) is 1. The fraction of sp³-hybridized carbons (Fsp3) is 0.375. The second-order valence-electron chi connectivity index (χ2n) is 10.4. The van der Waals surface area contributed by atoms with Gasteiger partial charge in [0.1, 0.15) is 0 Å². The molecule has 0 spiro atoms. The standard InChI is InChI=1S/C32H37N3O2/c36-31(34-28-22-20-27(21-23-28)33-26-10-4-1-5-11-26)24-16-18-25(19-17-24)32(37)35(29-12-6-2-7-13-29)30-14-8-3-9-15-30/h1,4-5,10-11,16-23,29-30,33H,2-3,6-9,12-15H2,(H,34,36). The van der Waals surface area contributed by atoms with Crippen LogP contribution >= 0.6 is 0 Å². The van der Waals surface area contributed by atoms with Crippen LogP contribution < -0.4 is 10.6 Å². The Morgan fingerprint density at radius 1 is 0.568 bits per heavy atom. The zero-order valence-corrected chi connectivity index (χ0v) is 21.5. The first-order valence-corrected chi connectivity index (χ1v) is 13.8. The van der Waals surface area contributed by atoms with E-state index in [0.717, 1.165) is 42.7 Å². The van der Waals surface area contributed by atoms with Crippen LogP contribution in [-0.4, -0.2) is 28.8 Å². The highest BCUT2D eigenvalue weighted by molar-refractivity contribution is 6.05. The number of carbonyl (C=O) groups excluding carboxylic acids is 2. The average Bonchev–Trinajstić information content (AvgIpc) is 2.96. The van der Waals surface area contributed by atoms with Crippen molar-refractivity contribution < 1.29 is 9.59 Å². The third-order valence-electron chi connectivity index (χ3n) is 7.77. The lowest BCUT2D eigenvalue weighted by Gasteiger charge is -2.42. The molecule has 2 fully saturated rings. The Labute approximate surface area is 220 Å². The van der Waals surface area contributed by atoms with Gasteiger partial charge in [-0.2, -0.15) is 0 Å². The van der Waals surface area contributed by atoms with E-state index in [4.69, 9.17) is 0 Å². The molecule has 2 aliphatic rings. The summed E-state index contributed by atoms with van der Waals surface area (Å²) < 4.78 is 0. The summed E-state index contributed by atoms with van der Waals surface area (Å²) in [5, 5.41) is 6.30. The lowest BCUT2D eigenvalue weighted by molar-refractivity contribution is 0.0448. The Kier molecular flexibility index (Phi) is 8.19. The molecule has 3 aromatic rings. The minimum Gasteiger partial charge on any atom is -0.356 e. The van der Waals surface area contributed by atoms with E-state index in [2.05, 4.69) is 15.5 Å². The van der Waals surface area contributed by atoms with Crippen LogP contribution in [0.15, 0.2) is 78.9 Å². The van der Waals surface area contributed by atoms with Crippen LogP contribution in [0.3, 0.4) is 0 Å². The molecule has 0 atom stereocenters. The second-order valence-corrected chi connectivity index (χ2v) is 10.4. The lowest BCUT2D eigenvalue weighted by atomic mass is 9.88. The number of hydrogen-bond donors (Lipinski definition) is 2. The Hall–Kier alpha value is -3.60. The SMILES string of the molecule is O=C(Nc1ccc(Nc2ccccc2)cc1)c1ccc(C(=O)N(C2CCCCC2)C2CCCCC2)cc1. The molecule has 5 nitrogen and oxygen atoms in total. The Morgan fingerprint density at radius 3 is 1.62 bits per heavy atom. The third-order valence-corrected chi connectivity index (χ3v) is 7.77. The number of benzene rings is 3. The van der Waals surface area contributed by atoms with Crippen LogP contribution in [0.25, 0.3) is 0 Å². The van der Waals surface area contributed by atoms with Crippen LogP contribution in [-0.2, 0) is 0 Å². The molecule has 37 heavy (non-hydrogen) atoms. The van der Waals surface area contributed by atoms with Gasteiger partial charge in [-0.15, -0.1) is 0 Å². The molecular formula is C32H37N3O2. The molecule has 2 amide bonds. The zero-order valence-electron chi connectivity index (χ0n) is 21.5. The molecule has 0 bridgehead atoms. The van der Waals surface area contributed by atoms with Crippen molar-refractivity contribution in [2.75, 3.05) is 10.6 Å². The first-order valence-electron chi connectivity index (χ1n) is 13.8. The Bertz CT molecular complexity index is 1140. The molecule has 192 valence electrons.